The molecule has 0 N–H and O–H groups in total. The van der Waals surface area contributed by atoms with E-state index in [9.17, 15) is 5.48 Å². The number of anilines is 3. The van der Waals surface area contributed by atoms with Gasteiger partial charge >= 0.3 is 0 Å². The van der Waals surface area contributed by atoms with Gasteiger partial charge in [0.1, 0.15) is 11.2 Å². The van der Waals surface area contributed by atoms with Crippen LogP contribution in [0.5, 0.6) is 0 Å². The van der Waals surface area contributed by atoms with E-state index >= 15 is 0 Å². The molecule has 0 bridgehead atoms. The Morgan fingerprint density at radius 2 is 0.983 bits per heavy atom. The summed E-state index contributed by atoms with van der Waals surface area (Å²) in [4.78, 5) is 1.63. The zero-order valence-electron chi connectivity index (χ0n) is 43.7. The molecule has 0 fully saturated rings. The Kier molecular flexibility index (Phi) is 5.54. The number of rotatable bonds is 7. The first-order valence-electron chi connectivity index (χ1n) is 25.3. The minimum Gasteiger partial charge on any atom is -0.455 e. The van der Waals surface area contributed by atoms with Crippen LogP contribution in [-0.2, 0) is 0 Å². The van der Waals surface area contributed by atoms with Gasteiger partial charge in [0.05, 0.1) is 17.8 Å². The summed E-state index contributed by atoms with van der Waals surface area (Å²) in [6, 6.07) is 38.2. The minimum absolute atomic E-state index is 0.145. The lowest BCUT2D eigenvalue weighted by Gasteiger charge is -2.26. The summed E-state index contributed by atoms with van der Waals surface area (Å²) in [5.41, 5.74) is 3.70. The third-order valence-corrected chi connectivity index (χ3v) is 10.5. The molecule has 0 aliphatic carbocycles. The largest absolute Gasteiger partial charge is 0.455 e. The van der Waals surface area contributed by atoms with Crippen molar-refractivity contribution in [2.24, 2.45) is 0 Å². The molecule has 11 rings (SSSR count). The molecule has 11 aromatic rings. The van der Waals surface area contributed by atoms with E-state index in [1.54, 1.807) is 11.0 Å². The zero-order chi connectivity index (χ0) is 49.7. The molecule has 0 atom stereocenters. The monoisotopic (exact) mass is 752 g/mol. The fourth-order valence-corrected chi connectivity index (χ4v) is 7.67. The van der Waals surface area contributed by atoms with Gasteiger partial charge in [0.2, 0.25) is 0 Å². The van der Waals surface area contributed by atoms with E-state index in [0.717, 1.165) is 65.7 Å². The number of fused-ring (bicyclic) bond motifs is 6. The van der Waals surface area contributed by atoms with Crippen LogP contribution in [0, 0.1) is 0 Å². The van der Waals surface area contributed by atoms with Crippen LogP contribution in [0.25, 0.3) is 88.0 Å². The molecule has 0 radical (unpaired) electrons. The van der Waals surface area contributed by atoms with Gasteiger partial charge in [-0.1, -0.05) is 170 Å². The second kappa shape index (κ2) is 14.1. The molecule has 0 unspecified atom stereocenters. The molecule has 2 nitrogen and oxygen atoms in total. The van der Waals surface area contributed by atoms with Crippen LogP contribution in [0.2, 0.25) is 0 Å². The van der Waals surface area contributed by atoms with Gasteiger partial charge in [-0.25, -0.2) is 0 Å². The summed E-state index contributed by atoms with van der Waals surface area (Å²) < 4.78 is 122. The van der Waals surface area contributed by atoms with E-state index in [-0.39, 0.29) is 5.69 Å². The summed E-state index contributed by atoms with van der Waals surface area (Å²) in [6.45, 7) is 0. The Labute approximate surface area is 355 Å². The number of nitrogens with zero attached hydrogens (tertiary/aromatic N) is 1. The molecule has 10 aromatic carbocycles. The predicted octanol–water partition coefficient (Wildman–Crippen LogP) is 16.0. The van der Waals surface area contributed by atoms with Crippen LogP contribution in [-0.4, -0.2) is 0 Å². The summed E-state index contributed by atoms with van der Waals surface area (Å²) in [7, 11) is 0. The van der Waals surface area contributed by atoms with Gasteiger partial charge in [-0.05, 0) is 115 Å². The maximum Gasteiger partial charge on any atom is 0.143 e. The molecular weight excluding hydrogens is 703 g/mol. The second-order valence-electron chi connectivity index (χ2n) is 13.9. The van der Waals surface area contributed by atoms with Gasteiger partial charge in [-0.3, -0.25) is 0 Å². The van der Waals surface area contributed by atoms with E-state index in [1.165, 1.54) is 0 Å². The highest BCUT2D eigenvalue weighted by Gasteiger charge is 2.17. The number of hydrogen-bond acceptors (Lipinski definition) is 2. The summed E-state index contributed by atoms with van der Waals surface area (Å²) in [5, 5.41) is 6.05. The first-order chi connectivity index (χ1) is 34.2. The SMILES string of the molecule is [2H]c1c([2H])c([2H])c(-c2c([2H])c([2H])c(-c3c([2H])c([2H])c(N(c4ccc(-c5cccc6oc7c8ccccc8ccc7c56)cc4)c4cccc(-c5ccc6ccccc6c5)c4)c([2H])c3[2H])c([2H])c2[2H])c([2H])c1[2H]. The molecule has 58 heavy (non-hydrogen) atoms. The maximum absolute atomic E-state index is 9.62. The molecule has 0 aliphatic rings. The molecular formula is C56H37NO. The molecule has 0 amide bonds. The molecule has 0 saturated heterocycles. The van der Waals surface area contributed by atoms with E-state index in [0.29, 0.717) is 11.4 Å². The minimum atomic E-state index is -0.778. The van der Waals surface area contributed by atoms with E-state index in [1.807, 2.05) is 121 Å². The van der Waals surface area contributed by atoms with Crippen molar-refractivity contribution >= 4 is 60.5 Å². The van der Waals surface area contributed by atoms with E-state index in [4.69, 9.17) is 16.8 Å². The molecule has 1 heterocycles. The summed E-state index contributed by atoms with van der Waals surface area (Å²) >= 11 is 0. The van der Waals surface area contributed by atoms with Crippen LogP contribution in [0.1, 0.15) is 17.8 Å². The maximum atomic E-state index is 9.62. The lowest BCUT2D eigenvalue weighted by atomic mass is 9.97. The first kappa shape index (κ1) is 22.8. The van der Waals surface area contributed by atoms with Gasteiger partial charge in [0.15, 0.2) is 0 Å². The second-order valence-corrected chi connectivity index (χ2v) is 13.9. The van der Waals surface area contributed by atoms with Gasteiger partial charge in [-0.15, -0.1) is 0 Å². The Morgan fingerprint density at radius 3 is 1.76 bits per heavy atom. The lowest BCUT2D eigenvalue weighted by Crippen LogP contribution is -2.10. The number of benzene rings is 10. The number of furan rings is 1. The van der Waals surface area contributed by atoms with Crippen LogP contribution >= 0.6 is 0 Å². The highest BCUT2D eigenvalue weighted by Crippen LogP contribution is 2.42. The van der Waals surface area contributed by atoms with Gasteiger partial charge in [0.25, 0.3) is 0 Å². The Bertz CT molecular complexity index is 3970. The topological polar surface area (TPSA) is 16.4 Å². The molecule has 0 spiro atoms. The van der Waals surface area contributed by atoms with Gasteiger partial charge in [0, 0.05) is 33.2 Å². The molecule has 0 aliphatic heterocycles. The standard InChI is InChI=1S/C56H37NO/c1-2-10-38(11-3-1)40-20-22-41(23-21-40)42-26-31-48(32-27-42)57(50-16-8-15-46(37-50)47-25-24-39-12-4-5-14-45(39)36-47)49-33-28-44(29-34-49)51-18-9-19-54-55(51)53-35-30-43-13-6-7-17-52(43)56(53)58-54/h1-37H/i1D,2D,3D,10D,11D,20D,21D,22D,23D,26D,27D,31D,32D. The highest BCUT2D eigenvalue weighted by molar-refractivity contribution is 6.19. The fourth-order valence-electron chi connectivity index (χ4n) is 7.67. The Hall–Kier alpha value is -7.68. The van der Waals surface area contributed by atoms with E-state index in [2.05, 4.69) is 18.2 Å². The third kappa shape index (κ3) is 6.00. The van der Waals surface area contributed by atoms with Gasteiger partial charge in [-0.2, -0.15) is 0 Å². The summed E-state index contributed by atoms with van der Waals surface area (Å²) in [6.07, 6.45) is 0. The smallest absolute Gasteiger partial charge is 0.143 e. The van der Waals surface area contributed by atoms with Crippen molar-refractivity contribution < 1.29 is 22.2 Å². The lowest BCUT2D eigenvalue weighted by molar-refractivity contribution is 0.673. The van der Waals surface area contributed by atoms with Crippen LogP contribution in [0.3, 0.4) is 0 Å². The number of hydrogen-bond donors (Lipinski definition) is 0. The van der Waals surface area contributed by atoms with Crippen molar-refractivity contribution in [1.29, 1.82) is 0 Å². The van der Waals surface area contributed by atoms with Crippen molar-refractivity contribution in [2.75, 3.05) is 4.90 Å². The molecule has 2 heteroatoms. The molecule has 272 valence electrons. The van der Waals surface area contributed by atoms with Crippen molar-refractivity contribution in [3.8, 4) is 44.5 Å². The fraction of sp³-hybridized carbons (Fsp3) is 0. The molecule has 1 aromatic heterocycles. The third-order valence-electron chi connectivity index (χ3n) is 10.5. The quantitative estimate of drug-likeness (QED) is 0.161. The van der Waals surface area contributed by atoms with Crippen LogP contribution in [0.15, 0.2) is 229 Å². The highest BCUT2D eigenvalue weighted by atomic mass is 16.3. The summed E-state index contributed by atoms with van der Waals surface area (Å²) in [5.74, 6) is 0. The van der Waals surface area contributed by atoms with Crippen molar-refractivity contribution in [1.82, 2.24) is 0 Å². The predicted molar refractivity (Wildman–Crippen MR) is 245 cm³/mol. The normalized spacial score (nSPS) is 14.6. The van der Waals surface area contributed by atoms with Gasteiger partial charge < -0.3 is 9.32 Å². The van der Waals surface area contributed by atoms with Crippen molar-refractivity contribution in [3.63, 3.8) is 0 Å². The average Bonchev–Trinajstić information content (AvgIpc) is 3.79. The Balaban J connectivity index is 1.09. The van der Waals surface area contributed by atoms with Crippen molar-refractivity contribution in [3.05, 3.63) is 224 Å². The molecule has 0 saturated carbocycles. The Morgan fingerprint density at radius 1 is 0.362 bits per heavy atom. The zero-order valence-corrected chi connectivity index (χ0v) is 30.7. The van der Waals surface area contributed by atoms with Crippen molar-refractivity contribution in [2.45, 2.75) is 0 Å². The average molecular weight is 753 g/mol. The van der Waals surface area contributed by atoms with Crippen LogP contribution in [0.4, 0.5) is 17.1 Å². The van der Waals surface area contributed by atoms with Crippen LogP contribution < -0.4 is 4.90 Å². The first-order valence-corrected chi connectivity index (χ1v) is 18.8. The van der Waals surface area contributed by atoms with E-state index < -0.39 is 101 Å².